The number of nitrogens with two attached hydrogens (primary N) is 1. The summed E-state index contributed by atoms with van der Waals surface area (Å²) in [5, 5.41) is 0. The zero-order valence-electron chi connectivity index (χ0n) is 8.02. The first-order valence-corrected chi connectivity index (χ1v) is 5.06. The first-order chi connectivity index (χ1) is 5.93. The molecule has 0 radical (unpaired) electrons. The molecule has 13 heavy (non-hydrogen) atoms. The summed E-state index contributed by atoms with van der Waals surface area (Å²) in [7, 11) is 0. The van der Waals surface area contributed by atoms with Crippen LogP contribution in [-0.4, -0.2) is 12.0 Å². The predicted molar refractivity (Wildman–Crippen MR) is 47.6 cm³/mol. The quantitative estimate of drug-likeness (QED) is 0.709. The van der Waals surface area contributed by atoms with E-state index in [4.69, 9.17) is 5.73 Å². The summed E-state index contributed by atoms with van der Waals surface area (Å²) in [5.41, 5.74) is 5.05. The van der Waals surface area contributed by atoms with Crippen molar-refractivity contribution in [2.24, 2.45) is 17.1 Å². The van der Waals surface area contributed by atoms with Crippen molar-refractivity contribution in [3.63, 3.8) is 0 Å². The third kappa shape index (κ3) is 1.58. The minimum Gasteiger partial charge on any atom is -0.328 e. The molecule has 2 rings (SSSR count). The molecule has 0 saturated heterocycles. The zero-order valence-corrected chi connectivity index (χ0v) is 8.02. The second-order valence-electron chi connectivity index (χ2n) is 5.09. The van der Waals surface area contributed by atoms with Gasteiger partial charge in [0.25, 0.3) is 5.92 Å². The Kier molecular flexibility index (Phi) is 1.92. The number of hydrogen-bond donors (Lipinski definition) is 1. The van der Waals surface area contributed by atoms with Crippen LogP contribution in [0, 0.1) is 11.3 Å². The van der Waals surface area contributed by atoms with Gasteiger partial charge in [0.05, 0.1) is 0 Å². The minimum absolute atomic E-state index is 0.0890. The van der Waals surface area contributed by atoms with Crippen LogP contribution in [0.2, 0.25) is 0 Å². The van der Waals surface area contributed by atoms with Crippen LogP contribution in [0.1, 0.15) is 39.0 Å². The summed E-state index contributed by atoms with van der Waals surface area (Å²) < 4.78 is 25.8. The van der Waals surface area contributed by atoms with E-state index in [-0.39, 0.29) is 12.5 Å². The standard InChI is InChI=1S/C10H17F2N/c1-9(6-10(9,11)12)5-7-2-3-8(13)4-7/h7-8H,2-6,13H2,1H3. The molecule has 2 N–H and O–H groups in total. The van der Waals surface area contributed by atoms with Gasteiger partial charge in [-0.15, -0.1) is 0 Å². The third-order valence-corrected chi connectivity index (χ3v) is 3.69. The lowest BCUT2D eigenvalue weighted by Gasteiger charge is -2.15. The molecule has 3 atom stereocenters. The fraction of sp³-hybridized carbons (Fsp3) is 1.00. The van der Waals surface area contributed by atoms with E-state index in [9.17, 15) is 8.78 Å². The molecule has 3 heteroatoms. The SMILES string of the molecule is CC1(CC2CCC(N)C2)CC1(F)F. The molecule has 1 nitrogen and oxygen atoms in total. The molecule has 0 spiro atoms. The fourth-order valence-electron chi connectivity index (χ4n) is 2.60. The molecule has 2 aliphatic carbocycles. The number of hydrogen-bond acceptors (Lipinski definition) is 1. The maximum atomic E-state index is 12.9. The van der Waals surface area contributed by atoms with Crippen LogP contribution in [0.3, 0.4) is 0 Å². The van der Waals surface area contributed by atoms with E-state index in [1.165, 1.54) is 0 Å². The van der Waals surface area contributed by atoms with Gasteiger partial charge in [0, 0.05) is 17.9 Å². The molecule has 0 bridgehead atoms. The van der Waals surface area contributed by atoms with Gasteiger partial charge in [0.1, 0.15) is 0 Å². The number of halogens is 2. The van der Waals surface area contributed by atoms with E-state index in [1.54, 1.807) is 6.92 Å². The van der Waals surface area contributed by atoms with Gasteiger partial charge in [-0.3, -0.25) is 0 Å². The largest absolute Gasteiger partial charge is 0.328 e. The van der Waals surface area contributed by atoms with E-state index in [2.05, 4.69) is 0 Å². The Hall–Kier alpha value is -0.180. The van der Waals surface area contributed by atoms with Gasteiger partial charge in [-0.2, -0.15) is 0 Å². The van der Waals surface area contributed by atoms with Gasteiger partial charge in [-0.05, 0) is 31.6 Å². The molecule has 0 aromatic heterocycles. The van der Waals surface area contributed by atoms with Crippen molar-refractivity contribution in [3.05, 3.63) is 0 Å². The molecule has 2 aliphatic rings. The van der Waals surface area contributed by atoms with Crippen molar-refractivity contribution in [3.8, 4) is 0 Å². The van der Waals surface area contributed by atoms with Crippen molar-refractivity contribution in [1.29, 1.82) is 0 Å². The highest BCUT2D eigenvalue weighted by Gasteiger charge is 2.67. The lowest BCUT2D eigenvalue weighted by molar-refractivity contribution is 0.0606. The molecule has 76 valence electrons. The van der Waals surface area contributed by atoms with E-state index >= 15 is 0 Å². The molecule has 2 fully saturated rings. The van der Waals surface area contributed by atoms with Gasteiger partial charge >= 0.3 is 0 Å². The monoisotopic (exact) mass is 189 g/mol. The predicted octanol–water partition coefficient (Wildman–Crippen LogP) is 2.55. The molecular weight excluding hydrogens is 172 g/mol. The van der Waals surface area contributed by atoms with Crippen LogP contribution in [0.5, 0.6) is 0 Å². The number of rotatable bonds is 2. The Morgan fingerprint density at radius 3 is 2.38 bits per heavy atom. The van der Waals surface area contributed by atoms with Crippen molar-refractivity contribution < 1.29 is 8.78 Å². The zero-order chi connectivity index (χ0) is 9.69. The normalized spacial score (nSPS) is 48.0. The van der Waals surface area contributed by atoms with Gasteiger partial charge in [-0.1, -0.05) is 6.92 Å². The van der Waals surface area contributed by atoms with E-state index in [0.29, 0.717) is 12.3 Å². The minimum atomic E-state index is -2.39. The molecule has 3 unspecified atom stereocenters. The Bertz CT molecular complexity index is 217. The highest BCUT2D eigenvalue weighted by Crippen LogP contribution is 2.64. The van der Waals surface area contributed by atoms with Crippen molar-refractivity contribution >= 4 is 0 Å². The molecule has 0 heterocycles. The van der Waals surface area contributed by atoms with Gasteiger partial charge in [0.15, 0.2) is 0 Å². The van der Waals surface area contributed by atoms with Gasteiger partial charge in [-0.25, -0.2) is 8.78 Å². The van der Waals surface area contributed by atoms with Crippen LogP contribution in [0.15, 0.2) is 0 Å². The second-order valence-corrected chi connectivity index (χ2v) is 5.09. The second kappa shape index (κ2) is 2.66. The number of alkyl halides is 2. The first-order valence-electron chi connectivity index (χ1n) is 5.06. The molecular formula is C10H17F2N. The van der Waals surface area contributed by atoms with Gasteiger partial charge in [0.2, 0.25) is 0 Å². The average molecular weight is 189 g/mol. The van der Waals surface area contributed by atoms with Crippen molar-refractivity contribution in [1.82, 2.24) is 0 Å². The van der Waals surface area contributed by atoms with E-state index in [0.717, 1.165) is 19.3 Å². The summed E-state index contributed by atoms with van der Waals surface area (Å²) in [6, 6.07) is 0.265. The molecule has 0 aromatic carbocycles. The average Bonchev–Trinajstić information content (AvgIpc) is 2.37. The Labute approximate surface area is 77.7 Å². The van der Waals surface area contributed by atoms with Gasteiger partial charge < -0.3 is 5.73 Å². The maximum Gasteiger partial charge on any atom is 0.254 e. The third-order valence-electron chi connectivity index (χ3n) is 3.69. The molecule has 0 amide bonds. The maximum absolute atomic E-state index is 12.9. The summed E-state index contributed by atoms with van der Waals surface area (Å²) in [6.45, 7) is 1.71. The first kappa shape index (κ1) is 9.38. The van der Waals surface area contributed by atoms with Crippen molar-refractivity contribution in [2.45, 2.75) is 51.0 Å². The topological polar surface area (TPSA) is 26.0 Å². The lowest BCUT2D eigenvalue weighted by Crippen LogP contribution is -2.16. The van der Waals surface area contributed by atoms with Crippen LogP contribution in [0.4, 0.5) is 8.78 Å². The molecule has 0 aliphatic heterocycles. The molecule has 2 saturated carbocycles. The van der Waals surface area contributed by atoms with E-state index in [1.807, 2.05) is 0 Å². The lowest BCUT2D eigenvalue weighted by atomic mass is 9.92. The highest BCUT2D eigenvalue weighted by atomic mass is 19.3. The van der Waals surface area contributed by atoms with Crippen molar-refractivity contribution in [2.75, 3.05) is 0 Å². The van der Waals surface area contributed by atoms with Crippen LogP contribution in [0.25, 0.3) is 0 Å². The highest BCUT2D eigenvalue weighted by molar-refractivity contribution is 5.08. The smallest absolute Gasteiger partial charge is 0.254 e. The summed E-state index contributed by atoms with van der Waals surface area (Å²) >= 11 is 0. The fourth-order valence-corrected chi connectivity index (χ4v) is 2.60. The Balaban J connectivity index is 1.86. The Morgan fingerprint density at radius 2 is 2.00 bits per heavy atom. The van der Waals surface area contributed by atoms with Crippen LogP contribution in [-0.2, 0) is 0 Å². The summed E-state index contributed by atoms with van der Waals surface area (Å²) in [5.74, 6) is -1.94. The Morgan fingerprint density at radius 1 is 1.38 bits per heavy atom. The van der Waals surface area contributed by atoms with Crippen LogP contribution < -0.4 is 5.73 Å². The van der Waals surface area contributed by atoms with E-state index < -0.39 is 11.3 Å². The summed E-state index contributed by atoms with van der Waals surface area (Å²) in [6.07, 6.45) is 3.78. The molecule has 0 aromatic rings. The summed E-state index contributed by atoms with van der Waals surface area (Å²) in [4.78, 5) is 0. The van der Waals surface area contributed by atoms with Crippen LogP contribution >= 0.6 is 0 Å².